The van der Waals surface area contributed by atoms with E-state index >= 15 is 0 Å². The van der Waals surface area contributed by atoms with Gasteiger partial charge in [0, 0.05) is 11.3 Å². The van der Waals surface area contributed by atoms with E-state index in [1.54, 1.807) is 19.1 Å². The van der Waals surface area contributed by atoms with Gasteiger partial charge in [-0.15, -0.1) is 0 Å². The molecule has 1 amide bonds. The number of nitrogens with zero attached hydrogens (tertiary/aromatic N) is 2. The lowest BCUT2D eigenvalue weighted by Crippen LogP contribution is -2.20. The first kappa shape index (κ1) is 17.3. The molecule has 3 rings (SSSR count). The number of phenols is 1. The number of anilines is 1. The fourth-order valence-corrected chi connectivity index (χ4v) is 2.52. The molecule has 0 saturated heterocycles. The van der Waals surface area contributed by atoms with Gasteiger partial charge in [0.05, 0.1) is 11.9 Å². The van der Waals surface area contributed by atoms with Crippen LogP contribution in [0.1, 0.15) is 11.3 Å². The molecule has 0 radical (unpaired) electrons. The molecular weight excluding hydrogens is 334 g/mol. The van der Waals surface area contributed by atoms with Crippen molar-refractivity contribution in [2.75, 3.05) is 11.9 Å². The van der Waals surface area contributed by atoms with Crippen LogP contribution in [-0.4, -0.2) is 32.5 Å². The minimum atomic E-state index is -0.333. The molecule has 1 aromatic heterocycles. The molecule has 3 aromatic rings. The number of aryl methyl sites for hydroxylation is 2. The van der Waals surface area contributed by atoms with Gasteiger partial charge in [-0.3, -0.25) is 4.79 Å². The molecular formula is C19H19N3O4. The molecule has 0 atom stereocenters. The van der Waals surface area contributed by atoms with Crippen LogP contribution < -0.4 is 10.1 Å². The van der Waals surface area contributed by atoms with Gasteiger partial charge in [0.15, 0.2) is 23.9 Å². The molecule has 2 aromatic carbocycles. The number of rotatable bonds is 5. The number of carbonyl (C=O) groups excluding carboxylic acids is 1. The minimum absolute atomic E-state index is 0.147. The number of hydrogen-bond donors (Lipinski definition) is 3. The molecule has 7 heteroatoms. The summed E-state index contributed by atoms with van der Waals surface area (Å²) in [7, 11) is 0. The fourth-order valence-electron chi connectivity index (χ4n) is 2.52. The highest BCUT2D eigenvalue weighted by Crippen LogP contribution is 2.31. The van der Waals surface area contributed by atoms with E-state index in [2.05, 4.69) is 10.3 Å². The molecule has 0 aliphatic rings. The molecule has 0 unspecified atom stereocenters. The van der Waals surface area contributed by atoms with Crippen molar-refractivity contribution in [3.63, 3.8) is 0 Å². The zero-order valence-electron chi connectivity index (χ0n) is 14.4. The summed E-state index contributed by atoms with van der Waals surface area (Å²) in [5, 5.41) is 22.6. The SMILES string of the molecule is Cc1cccc(NC(=O)COc2ccc(-c3nc(C)cn3O)cc2O)c1. The van der Waals surface area contributed by atoms with E-state index in [0.29, 0.717) is 22.8 Å². The molecule has 0 aliphatic carbocycles. The van der Waals surface area contributed by atoms with E-state index in [-0.39, 0.29) is 24.0 Å². The first-order valence-electron chi connectivity index (χ1n) is 8.00. The average molecular weight is 353 g/mol. The second-order valence-corrected chi connectivity index (χ2v) is 5.94. The summed E-state index contributed by atoms with van der Waals surface area (Å²) in [5.74, 6) is -0.00504. The van der Waals surface area contributed by atoms with Crippen LogP contribution in [0.5, 0.6) is 11.5 Å². The van der Waals surface area contributed by atoms with Gasteiger partial charge in [-0.2, -0.15) is 4.73 Å². The van der Waals surface area contributed by atoms with Crippen molar-refractivity contribution in [3.05, 3.63) is 59.9 Å². The molecule has 0 spiro atoms. The summed E-state index contributed by atoms with van der Waals surface area (Å²) in [6, 6.07) is 12.0. The summed E-state index contributed by atoms with van der Waals surface area (Å²) in [6.07, 6.45) is 1.46. The van der Waals surface area contributed by atoms with Crippen LogP contribution in [0.25, 0.3) is 11.4 Å². The fraction of sp³-hybridized carbons (Fsp3) is 0.158. The van der Waals surface area contributed by atoms with Gasteiger partial charge >= 0.3 is 0 Å². The smallest absolute Gasteiger partial charge is 0.262 e. The topological polar surface area (TPSA) is 96.6 Å². The minimum Gasteiger partial charge on any atom is -0.504 e. The first-order valence-corrected chi connectivity index (χ1v) is 8.00. The normalized spacial score (nSPS) is 10.5. The lowest BCUT2D eigenvalue weighted by atomic mass is 10.2. The summed E-state index contributed by atoms with van der Waals surface area (Å²) >= 11 is 0. The van der Waals surface area contributed by atoms with Gasteiger partial charge in [-0.05, 0) is 49.7 Å². The van der Waals surface area contributed by atoms with Crippen molar-refractivity contribution < 1.29 is 19.8 Å². The summed E-state index contributed by atoms with van der Waals surface area (Å²) < 4.78 is 6.26. The van der Waals surface area contributed by atoms with Crippen LogP contribution in [-0.2, 0) is 4.79 Å². The molecule has 3 N–H and O–H groups in total. The Morgan fingerprint density at radius 2 is 2.04 bits per heavy atom. The van der Waals surface area contributed by atoms with E-state index in [1.165, 1.54) is 18.3 Å². The Bertz CT molecular complexity index is 950. The van der Waals surface area contributed by atoms with E-state index in [9.17, 15) is 15.1 Å². The highest BCUT2D eigenvalue weighted by molar-refractivity contribution is 5.92. The summed E-state index contributed by atoms with van der Waals surface area (Å²) in [4.78, 5) is 16.2. The van der Waals surface area contributed by atoms with Crippen molar-refractivity contribution in [2.24, 2.45) is 0 Å². The number of aromatic nitrogens is 2. The summed E-state index contributed by atoms with van der Waals surface area (Å²) in [6.45, 7) is 3.44. The molecule has 134 valence electrons. The number of nitrogens with one attached hydrogen (secondary N) is 1. The number of ether oxygens (including phenoxy) is 1. The highest BCUT2D eigenvalue weighted by atomic mass is 16.5. The van der Waals surface area contributed by atoms with Crippen molar-refractivity contribution in [2.45, 2.75) is 13.8 Å². The monoisotopic (exact) mass is 353 g/mol. The van der Waals surface area contributed by atoms with Gasteiger partial charge in [0.1, 0.15) is 0 Å². The van der Waals surface area contributed by atoms with Crippen molar-refractivity contribution >= 4 is 11.6 Å². The second kappa shape index (κ2) is 7.18. The number of imidazole rings is 1. The Kier molecular flexibility index (Phi) is 4.79. The largest absolute Gasteiger partial charge is 0.504 e. The maximum absolute atomic E-state index is 12.0. The van der Waals surface area contributed by atoms with Gasteiger partial charge in [0.25, 0.3) is 5.91 Å². The van der Waals surface area contributed by atoms with Gasteiger partial charge in [-0.25, -0.2) is 4.98 Å². The van der Waals surface area contributed by atoms with Crippen molar-refractivity contribution in [1.82, 2.24) is 9.71 Å². The molecule has 0 saturated carbocycles. The summed E-state index contributed by atoms with van der Waals surface area (Å²) in [5.41, 5.74) is 2.89. The third-order valence-corrected chi connectivity index (χ3v) is 3.69. The van der Waals surface area contributed by atoms with E-state index in [1.807, 2.05) is 25.1 Å². The number of benzene rings is 2. The highest BCUT2D eigenvalue weighted by Gasteiger charge is 2.12. The lowest BCUT2D eigenvalue weighted by Gasteiger charge is -2.10. The lowest BCUT2D eigenvalue weighted by molar-refractivity contribution is -0.118. The van der Waals surface area contributed by atoms with Crippen LogP contribution in [0.15, 0.2) is 48.7 Å². The number of aromatic hydroxyl groups is 1. The Labute approximate surface area is 150 Å². The van der Waals surface area contributed by atoms with Crippen LogP contribution in [0, 0.1) is 13.8 Å². The molecule has 0 aliphatic heterocycles. The Morgan fingerprint density at radius 1 is 1.23 bits per heavy atom. The standard InChI is InChI=1S/C19H19N3O4/c1-12-4-3-5-15(8-12)21-18(24)11-26-17-7-6-14(9-16(17)23)19-20-13(2)10-22(19)25/h3-10,23,25H,11H2,1-2H3,(H,21,24). The van der Waals surface area contributed by atoms with Crippen LogP contribution in [0.2, 0.25) is 0 Å². The molecule has 26 heavy (non-hydrogen) atoms. The zero-order chi connectivity index (χ0) is 18.7. The predicted octanol–water partition coefficient (Wildman–Crippen LogP) is 3.13. The van der Waals surface area contributed by atoms with Gasteiger partial charge in [0.2, 0.25) is 0 Å². The van der Waals surface area contributed by atoms with E-state index in [4.69, 9.17) is 4.74 Å². The van der Waals surface area contributed by atoms with Crippen molar-refractivity contribution in [3.8, 4) is 22.9 Å². The maximum atomic E-state index is 12.0. The van der Waals surface area contributed by atoms with Crippen molar-refractivity contribution in [1.29, 1.82) is 0 Å². The molecule has 7 nitrogen and oxygen atoms in total. The Morgan fingerprint density at radius 3 is 2.69 bits per heavy atom. The van der Waals surface area contributed by atoms with Crippen LogP contribution >= 0.6 is 0 Å². The number of hydrogen-bond acceptors (Lipinski definition) is 5. The Hall–Kier alpha value is -3.48. The number of amides is 1. The molecule has 1 heterocycles. The third kappa shape index (κ3) is 3.94. The second-order valence-electron chi connectivity index (χ2n) is 5.94. The van der Waals surface area contributed by atoms with Crippen LogP contribution in [0.3, 0.4) is 0 Å². The Balaban J connectivity index is 1.65. The number of carbonyl (C=O) groups is 1. The molecule has 0 fully saturated rings. The number of phenolic OH excluding ortho intramolecular Hbond substituents is 1. The average Bonchev–Trinajstić information content (AvgIpc) is 2.92. The maximum Gasteiger partial charge on any atom is 0.262 e. The van der Waals surface area contributed by atoms with Crippen LogP contribution in [0.4, 0.5) is 5.69 Å². The van der Waals surface area contributed by atoms with E-state index in [0.717, 1.165) is 10.3 Å². The van der Waals surface area contributed by atoms with Gasteiger partial charge in [-0.1, -0.05) is 12.1 Å². The zero-order valence-corrected chi connectivity index (χ0v) is 14.4. The third-order valence-electron chi connectivity index (χ3n) is 3.69. The quantitative estimate of drug-likeness (QED) is 0.612. The predicted molar refractivity (Wildman–Crippen MR) is 96.6 cm³/mol. The van der Waals surface area contributed by atoms with Gasteiger partial charge < -0.3 is 20.4 Å². The first-order chi connectivity index (χ1) is 12.4. The van der Waals surface area contributed by atoms with E-state index < -0.39 is 0 Å². The molecule has 0 bridgehead atoms.